The van der Waals surface area contributed by atoms with E-state index in [2.05, 4.69) is 22.2 Å². The highest BCUT2D eigenvalue weighted by Crippen LogP contribution is 2.37. The van der Waals surface area contributed by atoms with Crippen molar-refractivity contribution in [2.45, 2.75) is 38.1 Å². The minimum Gasteiger partial charge on any atom is -0.368 e. The number of aromatic nitrogens is 2. The van der Waals surface area contributed by atoms with E-state index in [-0.39, 0.29) is 5.54 Å². The van der Waals surface area contributed by atoms with Gasteiger partial charge < -0.3 is 11.1 Å². The summed E-state index contributed by atoms with van der Waals surface area (Å²) in [6.45, 7) is 2.21. The molecule has 0 spiro atoms. The SMILES string of the molecule is CCC1(Nc2ccnc(N)n2)CCC1. The molecule has 0 saturated heterocycles. The number of nitrogens with one attached hydrogen (secondary N) is 1. The molecule has 1 heterocycles. The Bertz CT molecular complexity index is 314. The van der Waals surface area contributed by atoms with Gasteiger partial charge in [0.1, 0.15) is 5.82 Å². The van der Waals surface area contributed by atoms with Crippen LogP contribution in [0.15, 0.2) is 12.3 Å². The molecular formula is C10H16N4. The van der Waals surface area contributed by atoms with Gasteiger partial charge in [-0.1, -0.05) is 6.92 Å². The summed E-state index contributed by atoms with van der Waals surface area (Å²) in [5.74, 6) is 1.18. The Balaban J connectivity index is 2.09. The van der Waals surface area contributed by atoms with Crippen LogP contribution in [0.5, 0.6) is 0 Å². The number of rotatable bonds is 3. The number of anilines is 2. The highest BCUT2D eigenvalue weighted by molar-refractivity contribution is 5.41. The maximum Gasteiger partial charge on any atom is 0.221 e. The molecule has 0 unspecified atom stereocenters. The van der Waals surface area contributed by atoms with E-state index < -0.39 is 0 Å². The molecule has 0 amide bonds. The molecule has 4 nitrogen and oxygen atoms in total. The van der Waals surface area contributed by atoms with E-state index in [1.54, 1.807) is 6.20 Å². The quantitative estimate of drug-likeness (QED) is 0.766. The van der Waals surface area contributed by atoms with Gasteiger partial charge in [0.15, 0.2) is 0 Å². The van der Waals surface area contributed by atoms with Crippen molar-refractivity contribution in [1.29, 1.82) is 0 Å². The van der Waals surface area contributed by atoms with Gasteiger partial charge >= 0.3 is 0 Å². The molecule has 2 rings (SSSR count). The summed E-state index contributed by atoms with van der Waals surface area (Å²) in [6, 6.07) is 1.87. The molecule has 0 atom stereocenters. The van der Waals surface area contributed by atoms with E-state index in [4.69, 9.17) is 5.73 Å². The van der Waals surface area contributed by atoms with Crippen LogP contribution in [-0.4, -0.2) is 15.5 Å². The summed E-state index contributed by atoms with van der Waals surface area (Å²) in [6.07, 6.45) is 6.59. The van der Waals surface area contributed by atoms with Crippen molar-refractivity contribution in [1.82, 2.24) is 9.97 Å². The third-order valence-corrected chi connectivity index (χ3v) is 3.05. The van der Waals surface area contributed by atoms with Crippen LogP contribution >= 0.6 is 0 Å². The van der Waals surface area contributed by atoms with E-state index in [9.17, 15) is 0 Å². The van der Waals surface area contributed by atoms with E-state index in [1.165, 1.54) is 19.3 Å². The van der Waals surface area contributed by atoms with Crippen LogP contribution in [0.1, 0.15) is 32.6 Å². The lowest BCUT2D eigenvalue weighted by atomic mass is 9.75. The number of hydrogen-bond donors (Lipinski definition) is 2. The number of hydrogen-bond acceptors (Lipinski definition) is 4. The molecule has 1 saturated carbocycles. The van der Waals surface area contributed by atoms with Gasteiger partial charge in [0.05, 0.1) is 0 Å². The van der Waals surface area contributed by atoms with Gasteiger partial charge in [-0.05, 0) is 31.7 Å². The smallest absolute Gasteiger partial charge is 0.221 e. The Morgan fingerprint density at radius 3 is 2.86 bits per heavy atom. The van der Waals surface area contributed by atoms with Gasteiger partial charge in [-0.25, -0.2) is 4.98 Å². The first kappa shape index (κ1) is 9.24. The van der Waals surface area contributed by atoms with Gasteiger partial charge in [-0.3, -0.25) is 0 Å². The molecule has 1 aromatic heterocycles. The molecule has 76 valence electrons. The fourth-order valence-corrected chi connectivity index (χ4v) is 1.89. The molecule has 0 bridgehead atoms. The predicted molar refractivity (Wildman–Crippen MR) is 56.9 cm³/mol. The second-order valence-electron chi connectivity index (χ2n) is 3.91. The number of nitrogens with zero attached hydrogens (tertiary/aromatic N) is 2. The Morgan fingerprint density at radius 2 is 2.36 bits per heavy atom. The van der Waals surface area contributed by atoms with Crippen LogP contribution in [0.4, 0.5) is 11.8 Å². The van der Waals surface area contributed by atoms with E-state index in [0.29, 0.717) is 5.95 Å². The summed E-state index contributed by atoms with van der Waals surface area (Å²) in [5.41, 5.74) is 5.78. The van der Waals surface area contributed by atoms with Crippen molar-refractivity contribution in [3.8, 4) is 0 Å². The van der Waals surface area contributed by atoms with Crippen molar-refractivity contribution >= 4 is 11.8 Å². The third kappa shape index (κ3) is 1.64. The summed E-state index contributed by atoms with van der Waals surface area (Å²) in [5, 5.41) is 3.45. The lowest BCUT2D eigenvalue weighted by Crippen LogP contribution is -2.44. The normalized spacial score (nSPS) is 18.6. The maximum absolute atomic E-state index is 5.52. The molecule has 1 aromatic rings. The molecule has 1 aliphatic rings. The molecule has 14 heavy (non-hydrogen) atoms. The van der Waals surface area contributed by atoms with Gasteiger partial charge in [0, 0.05) is 11.7 Å². The molecular weight excluding hydrogens is 176 g/mol. The van der Waals surface area contributed by atoms with Gasteiger partial charge in [-0.15, -0.1) is 0 Å². The Hall–Kier alpha value is -1.32. The largest absolute Gasteiger partial charge is 0.368 e. The van der Waals surface area contributed by atoms with Crippen molar-refractivity contribution in [2.75, 3.05) is 11.1 Å². The average molecular weight is 192 g/mol. The molecule has 0 radical (unpaired) electrons. The number of nitrogens with two attached hydrogens (primary N) is 1. The van der Waals surface area contributed by atoms with Crippen molar-refractivity contribution < 1.29 is 0 Å². The molecule has 3 N–H and O–H groups in total. The van der Waals surface area contributed by atoms with Crippen LogP contribution in [0, 0.1) is 0 Å². The zero-order valence-electron chi connectivity index (χ0n) is 8.45. The van der Waals surface area contributed by atoms with E-state index in [1.807, 2.05) is 6.07 Å². The highest BCUT2D eigenvalue weighted by atomic mass is 15.1. The van der Waals surface area contributed by atoms with Crippen molar-refractivity contribution in [2.24, 2.45) is 0 Å². The minimum atomic E-state index is 0.265. The molecule has 0 aliphatic heterocycles. The standard InChI is InChI=1S/C10H16N4/c1-2-10(5-3-6-10)14-8-4-7-12-9(11)13-8/h4,7H,2-3,5-6H2,1H3,(H3,11,12,13,14). The first-order valence-corrected chi connectivity index (χ1v) is 5.11. The lowest BCUT2D eigenvalue weighted by Gasteiger charge is -2.42. The lowest BCUT2D eigenvalue weighted by molar-refractivity contribution is 0.269. The number of nitrogen functional groups attached to an aromatic ring is 1. The summed E-state index contributed by atoms with van der Waals surface area (Å²) < 4.78 is 0. The van der Waals surface area contributed by atoms with Crippen LogP contribution in [-0.2, 0) is 0 Å². The van der Waals surface area contributed by atoms with Crippen LogP contribution in [0.25, 0.3) is 0 Å². The fraction of sp³-hybridized carbons (Fsp3) is 0.600. The maximum atomic E-state index is 5.52. The highest BCUT2D eigenvalue weighted by Gasteiger charge is 2.35. The first-order chi connectivity index (χ1) is 6.74. The van der Waals surface area contributed by atoms with Gasteiger partial charge in [-0.2, -0.15) is 4.98 Å². The Labute approximate surface area is 83.9 Å². The topological polar surface area (TPSA) is 63.8 Å². The monoisotopic (exact) mass is 192 g/mol. The fourth-order valence-electron chi connectivity index (χ4n) is 1.89. The van der Waals surface area contributed by atoms with Gasteiger partial charge in [0.25, 0.3) is 0 Å². The van der Waals surface area contributed by atoms with E-state index in [0.717, 1.165) is 12.2 Å². The van der Waals surface area contributed by atoms with Gasteiger partial charge in [0.2, 0.25) is 5.95 Å². The van der Waals surface area contributed by atoms with Crippen molar-refractivity contribution in [3.05, 3.63) is 12.3 Å². The molecule has 4 heteroatoms. The molecule has 1 fully saturated rings. The van der Waals surface area contributed by atoms with Crippen molar-refractivity contribution in [3.63, 3.8) is 0 Å². The third-order valence-electron chi connectivity index (χ3n) is 3.05. The Morgan fingerprint density at radius 1 is 1.57 bits per heavy atom. The second-order valence-corrected chi connectivity index (χ2v) is 3.91. The average Bonchev–Trinajstić information content (AvgIpc) is 2.11. The molecule has 0 aromatic carbocycles. The van der Waals surface area contributed by atoms with Crippen LogP contribution in [0.2, 0.25) is 0 Å². The molecule has 1 aliphatic carbocycles. The minimum absolute atomic E-state index is 0.265. The van der Waals surface area contributed by atoms with Crippen LogP contribution in [0.3, 0.4) is 0 Å². The summed E-state index contributed by atoms with van der Waals surface area (Å²) in [4.78, 5) is 8.01. The predicted octanol–water partition coefficient (Wildman–Crippen LogP) is 1.80. The first-order valence-electron chi connectivity index (χ1n) is 5.11. The summed E-state index contributed by atoms with van der Waals surface area (Å²) in [7, 11) is 0. The second kappa shape index (κ2) is 3.44. The van der Waals surface area contributed by atoms with E-state index >= 15 is 0 Å². The zero-order chi connectivity index (χ0) is 10.0. The summed E-state index contributed by atoms with van der Waals surface area (Å²) >= 11 is 0. The zero-order valence-corrected chi connectivity index (χ0v) is 8.45. The van der Waals surface area contributed by atoms with Crippen LogP contribution < -0.4 is 11.1 Å². The Kier molecular flexibility index (Phi) is 2.27.